The Kier molecular flexibility index (Phi) is 2.84. The quantitative estimate of drug-likeness (QED) is 0.558. The van der Waals surface area contributed by atoms with Gasteiger partial charge in [0.1, 0.15) is 0 Å². The van der Waals surface area contributed by atoms with E-state index in [9.17, 15) is 0 Å². The summed E-state index contributed by atoms with van der Waals surface area (Å²) in [6.45, 7) is 2.40. The molecule has 0 saturated carbocycles. The summed E-state index contributed by atoms with van der Waals surface area (Å²) in [5, 5.41) is 5.47. The summed E-state index contributed by atoms with van der Waals surface area (Å²) in [6, 6.07) is 20.0. The lowest BCUT2D eigenvalue weighted by atomic mass is 9.99. The van der Waals surface area contributed by atoms with Crippen molar-refractivity contribution in [1.82, 2.24) is 0 Å². The van der Waals surface area contributed by atoms with Gasteiger partial charge in [0.15, 0.2) is 0 Å². The average molecular weight is 261 g/mol. The van der Waals surface area contributed by atoms with Crippen LogP contribution >= 0.6 is 0 Å². The van der Waals surface area contributed by atoms with Crippen LogP contribution in [0.5, 0.6) is 0 Å². The van der Waals surface area contributed by atoms with Crippen LogP contribution in [0, 0.1) is 0 Å². The fourth-order valence-electron chi connectivity index (χ4n) is 3.43. The Hall–Kier alpha value is -2.02. The molecule has 3 aromatic carbocycles. The van der Waals surface area contributed by atoms with Crippen LogP contribution in [-0.2, 0) is 0 Å². The van der Waals surface area contributed by atoms with Crippen LogP contribution < -0.4 is 4.90 Å². The van der Waals surface area contributed by atoms with E-state index in [0.717, 1.165) is 0 Å². The van der Waals surface area contributed by atoms with Crippen molar-refractivity contribution in [2.75, 3.05) is 18.0 Å². The Bertz CT molecular complexity index is 754. The molecule has 1 saturated heterocycles. The fraction of sp³-hybridized carbons (Fsp3) is 0.263. The average Bonchev–Trinajstić information content (AvgIpc) is 2.55. The normalized spacial score (nSPS) is 15.9. The second-order valence-electron chi connectivity index (χ2n) is 5.71. The SMILES string of the molecule is c1ccc2c(c1)ccc1c(N3CCCCC3)cccc12. The Morgan fingerprint density at radius 2 is 1.40 bits per heavy atom. The molecule has 100 valence electrons. The summed E-state index contributed by atoms with van der Waals surface area (Å²) in [4.78, 5) is 2.56. The number of rotatable bonds is 1. The van der Waals surface area contributed by atoms with Crippen molar-refractivity contribution >= 4 is 27.2 Å². The molecular formula is C19H19N. The van der Waals surface area contributed by atoms with Gasteiger partial charge in [-0.3, -0.25) is 0 Å². The molecule has 0 aromatic heterocycles. The molecule has 20 heavy (non-hydrogen) atoms. The Morgan fingerprint density at radius 3 is 2.30 bits per heavy atom. The van der Waals surface area contributed by atoms with Gasteiger partial charge in [0, 0.05) is 24.2 Å². The first-order valence-corrected chi connectivity index (χ1v) is 7.59. The predicted octanol–water partition coefficient (Wildman–Crippen LogP) is 4.98. The molecule has 0 spiro atoms. The highest BCUT2D eigenvalue weighted by molar-refractivity contribution is 6.11. The molecule has 0 N–H and O–H groups in total. The third-order valence-electron chi connectivity index (χ3n) is 4.46. The number of piperidine rings is 1. The van der Waals surface area contributed by atoms with E-state index in [1.54, 1.807) is 0 Å². The summed E-state index contributed by atoms with van der Waals surface area (Å²) in [7, 11) is 0. The zero-order valence-corrected chi connectivity index (χ0v) is 11.7. The van der Waals surface area contributed by atoms with Gasteiger partial charge in [-0.25, -0.2) is 0 Å². The molecule has 4 rings (SSSR count). The number of anilines is 1. The van der Waals surface area contributed by atoms with E-state index in [4.69, 9.17) is 0 Å². The van der Waals surface area contributed by atoms with Crippen molar-refractivity contribution in [3.05, 3.63) is 54.6 Å². The van der Waals surface area contributed by atoms with Crippen LogP contribution in [0.15, 0.2) is 54.6 Å². The Morgan fingerprint density at radius 1 is 0.600 bits per heavy atom. The zero-order valence-electron chi connectivity index (χ0n) is 11.7. The number of hydrogen-bond donors (Lipinski definition) is 0. The molecule has 0 unspecified atom stereocenters. The van der Waals surface area contributed by atoms with Gasteiger partial charge in [0.2, 0.25) is 0 Å². The van der Waals surface area contributed by atoms with Crippen molar-refractivity contribution in [1.29, 1.82) is 0 Å². The van der Waals surface area contributed by atoms with Gasteiger partial charge < -0.3 is 4.90 Å². The lowest BCUT2D eigenvalue weighted by Crippen LogP contribution is -2.29. The first-order valence-electron chi connectivity index (χ1n) is 7.59. The van der Waals surface area contributed by atoms with E-state index in [1.165, 1.54) is 59.6 Å². The molecule has 1 heteroatoms. The summed E-state index contributed by atoms with van der Waals surface area (Å²) in [5.41, 5.74) is 1.41. The van der Waals surface area contributed by atoms with Gasteiger partial charge in [-0.05, 0) is 41.5 Å². The van der Waals surface area contributed by atoms with Gasteiger partial charge >= 0.3 is 0 Å². The largest absolute Gasteiger partial charge is 0.371 e. The van der Waals surface area contributed by atoms with E-state index in [-0.39, 0.29) is 0 Å². The first kappa shape index (κ1) is 11.8. The lowest BCUT2D eigenvalue weighted by molar-refractivity contribution is 0.579. The summed E-state index contributed by atoms with van der Waals surface area (Å²) in [6.07, 6.45) is 4.03. The molecule has 3 aromatic rings. The monoisotopic (exact) mass is 261 g/mol. The summed E-state index contributed by atoms with van der Waals surface area (Å²) in [5.74, 6) is 0. The van der Waals surface area contributed by atoms with Crippen molar-refractivity contribution in [2.24, 2.45) is 0 Å². The van der Waals surface area contributed by atoms with E-state index in [0.29, 0.717) is 0 Å². The van der Waals surface area contributed by atoms with E-state index in [1.807, 2.05) is 0 Å². The Balaban J connectivity index is 1.96. The van der Waals surface area contributed by atoms with Gasteiger partial charge in [-0.15, -0.1) is 0 Å². The first-order chi connectivity index (χ1) is 9.93. The van der Waals surface area contributed by atoms with E-state index < -0.39 is 0 Å². The zero-order chi connectivity index (χ0) is 13.4. The maximum Gasteiger partial charge on any atom is 0.0446 e. The number of nitrogens with zero attached hydrogens (tertiary/aromatic N) is 1. The second kappa shape index (κ2) is 4.82. The van der Waals surface area contributed by atoms with Crippen LogP contribution in [-0.4, -0.2) is 13.1 Å². The molecule has 0 amide bonds. The van der Waals surface area contributed by atoms with Crippen LogP contribution in [0.3, 0.4) is 0 Å². The molecule has 1 heterocycles. The lowest BCUT2D eigenvalue weighted by Gasteiger charge is -2.30. The molecule has 0 atom stereocenters. The Labute approximate surface area is 119 Å². The predicted molar refractivity (Wildman–Crippen MR) is 87.5 cm³/mol. The van der Waals surface area contributed by atoms with Crippen LogP contribution in [0.1, 0.15) is 19.3 Å². The minimum Gasteiger partial charge on any atom is -0.371 e. The standard InChI is InChI=1S/C19H19N/c1-4-13-20(14-5-1)19-10-6-9-17-16-8-3-2-7-15(16)11-12-18(17)19/h2-3,6-12H,1,4-5,13-14H2. The topological polar surface area (TPSA) is 3.24 Å². The molecule has 0 radical (unpaired) electrons. The van der Waals surface area contributed by atoms with Crippen molar-refractivity contribution in [3.63, 3.8) is 0 Å². The maximum atomic E-state index is 2.56. The highest BCUT2D eigenvalue weighted by Gasteiger charge is 2.13. The van der Waals surface area contributed by atoms with Gasteiger partial charge in [0.05, 0.1) is 0 Å². The van der Waals surface area contributed by atoms with Crippen molar-refractivity contribution in [2.45, 2.75) is 19.3 Å². The van der Waals surface area contributed by atoms with Crippen LogP contribution in [0.4, 0.5) is 5.69 Å². The van der Waals surface area contributed by atoms with E-state index in [2.05, 4.69) is 59.5 Å². The van der Waals surface area contributed by atoms with Gasteiger partial charge in [-0.2, -0.15) is 0 Å². The van der Waals surface area contributed by atoms with Gasteiger partial charge in [-0.1, -0.05) is 48.5 Å². The summed E-state index contributed by atoms with van der Waals surface area (Å²) >= 11 is 0. The molecule has 1 nitrogen and oxygen atoms in total. The van der Waals surface area contributed by atoms with Crippen LogP contribution in [0.2, 0.25) is 0 Å². The van der Waals surface area contributed by atoms with Crippen LogP contribution in [0.25, 0.3) is 21.5 Å². The van der Waals surface area contributed by atoms with Crippen molar-refractivity contribution < 1.29 is 0 Å². The molecule has 1 aliphatic rings. The number of hydrogen-bond acceptors (Lipinski definition) is 1. The third kappa shape index (κ3) is 1.85. The maximum absolute atomic E-state index is 2.56. The second-order valence-corrected chi connectivity index (χ2v) is 5.71. The number of benzene rings is 3. The minimum absolute atomic E-state index is 1.20. The fourth-order valence-corrected chi connectivity index (χ4v) is 3.43. The van der Waals surface area contributed by atoms with E-state index >= 15 is 0 Å². The smallest absolute Gasteiger partial charge is 0.0446 e. The highest BCUT2D eigenvalue weighted by atomic mass is 15.1. The van der Waals surface area contributed by atoms with Gasteiger partial charge in [0.25, 0.3) is 0 Å². The summed E-state index contributed by atoms with van der Waals surface area (Å²) < 4.78 is 0. The number of fused-ring (bicyclic) bond motifs is 3. The molecular weight excluding hydrogens is 242 g/mol. The molecule has 1 aliphatic heterocycles. The van der Waals surface area contributed by atoms with Crippen molar-refractivity contribution in [3.8, 4) is 0 Å². The molecule has 1 fully saturated rings. The molecule has 0 aliphatic carbocycles. The highest BCUT2D eigenvalue weighted by Crippen LogP contribution is 2.33. The minimum atomic E-state index is 1.20. The third-order valence-corrected chi connectivity index (χ3v) is 4.46. The molecule has 0 bridgehead atoms.